The van der Waals surface area contributed by atoms with Crippen molar-refractivity contribution in [2.24, 2.45) is 10.2 Å². The zero-order chi connectivity index (χ0) is 29.8. The van der Waals surface area contributed by atoms with Crippen LogP contribution in [0.3, 0.4) is 0 Å². The number of benzene rings is 3. The van der Waals surface area contributed by atoms with Gasteiger partial charge in [0.2, 0.25) is 5.95 Å². The predicted molar refractivity (Wildman–Crippen MR) is 164 cm³/mol. The summed E-state index contributed by atoms with van der Waals surface area (Å²) in [4.78, 5) is 31.0. The predicted octanol–water partition coefficient (Wildman–Crippen LogP) is 6.34. The number of aryl methyl sites for hydroxylation is 2. The van der Waals surface area contributed by atoms with Crippen LogP contribution in [0.15, 0.2) is 83.0 Å². The van der Waals surface area contributed by atoms with Crippen molar-refractivity contribution in [1.82, 2.24) is 9.97 Å². The summed E-state index contributed by atoms with van der Waals surface area (Å²) < 4.78 is 0. The van der Waals surface area contributed by atoms with Gasteiger partial charge in [-0.25, -0.2) is 0 Å². The molecule has 1 heterocycles. The number of hydrazone groups is 2. The number of para-hydroxylation sites is 1. The van der Waals surface area contributed by atoms with Gasteiger partial charge < -0.3 is 5.32 Å². The molecule has 4 aromatic rings. The lowest BCUT2D eigenvalue weighted by Gasteiger charge is -2.18. The summed E-state index contributed by atoms with van der Waals surface area (Å²) in [5, 5.41) is 35.1. The number of anilines is 4. The number of aromatic nitrogens is 2. The molecule has 0 saturated heterocycles. The van der Waals surface area contributed by atoms with Crippen LogP contribution >= 0.6 is 0 Å². The fourth-order valence-corrected chi connectivity index (χ4v) is 5.24. The molecule has 0 bridgehead atoms. The van der Waals surface area contributed by atoms with Crippen molar-refractivity contribution in [3.05, 3.63) is 115 Å². The Balaban J connectivity index is 1.31. The van der Waals surface area contributed by atoms with Crippen molar-refractivity contribution >= 4 is 46.1 Å². The number of non-ortho nitro benzene ring substituents is 2. The molecule has 3 N–H and O–H groups in total. The highest BCUT2D eigenvalue weighted by atomic mass is 16.6. The second-order valence-electron chi connectivity index (χ2n) is 10.2. The maximum atomic E-state index is 11.4. The van der Waals surface area contributed by atoms with Crippen LogP contribution in [0.25, 0.3) is 0 Å². The lowest BCUT2D eigenvalue weighted by molar-refractivity contribution is -0.385. The van der Waals surface area contributed by atoms with Crippen LogP contribution in [0.1, 0.15) is 47.9 Å². The van der Waals surface area contributed by atoms with E-state index in [0.29, 0.717) is 41.8 Å². The van der Waals surface area contributed by atoms with Crippen molar-refractivity contribution in [1.29, 1.82) is 0 Å². The number of nitrogens with one attached hydrogen (secondary N) is 3. The van der Waals surface area contributed by atoms with Gasteiger partial charge in [-0.05, 0) is 61.8 Å². The van der Waals surface area contributed by atoms with E-state index in [1.807, 2.05) is 30.3 Å². The standard InChI is InChI=1S/C30H27N9O4/c40-38(41)22-14-12-19-6-4-10-26(24(19)16-22)34-36-28-18-29(33-30(32-28)31-21-8-2-1-3-9-21)37-35-27-11-5-7-20-13-15-23(39(42)43)17-25(20)27/h1-3,8-9,12-18H,4-7,10-11H2,(H3,31,32,33,36,37). The van der Waals surface area contributed by atoms with E-state index in [1.165, 1.54) is 12.1 Å². The van der Waals surface area contributed by atoms with Crippen molar-refractivity contribution in [3.63, 3.8) is 0 Å². The Kier molecular flexibility index (Phi) is 7.68. The van der Waals surface area contributed by atoms with Gasteiger partial charge in [-0.3, -0.25) is 31.1 Å². The van der Waals surface area contributed by atoms with Gasteiger partial charge in [-0.2, -0.15) is 20.2 Å². The average Bonchev–Trinajstić information content (AvgIpc) is 3.02. The highest BCUT2D eigenvalue weighted by Crippen LogP contribution is 2.28. The molecule has 43 heavy (non-hydrogen) atoms. The number of rotatable bonds is 8. The first-order valence-electron chi connectivity index (χ1n) is 13.8. The summed E-state index contributed by atoms with van der Waals surface area (Å²) in [6.07, 6.45) is 4.72. The molecule has 0 spiro atoms. The lowest BCUT2D eigenvalue weighted by Crippen LogP contribution is -2.15. The Labute approximate surface area is 246 Å². The van der Waals surface area contributed by atoms with Crippen molar-refractivity contribution < 1.29 is 9.85 Å². The molecule has 13 heteroatoms. The molecule has 0 amide bonds. The van der Waals surface area contributed by atoms with E-state index in [-0.39, 0.29) is 11.4 Å². The number of nitro benzene ring substituents is 2. The van der Waals surface area contributed by atoms with Gasteiger partial charge in [0.1, 0.15) is 0 Å². The fourth-order valence-electron chi connectivity index (χ4n) is 5.24. The second kappa shape index (κ2) is 12.0. The van der Waals surface area contributed by atoms with Gasteiger partial charge >= 0.3 is 0 Å². The van der Waals surface area contributed by atoms with E-state index in [0.717, 1.165) is 53.6 Å². The van der Waals surface area contributed by atoms with E-state index in [9.17, 15) is 20.2 Å². The first kappa shape index (κ1) is 27.4. The van der Waals surface area contributed by atoms with Gasteiger partial charge in [-0.1, -0.05) is 30.3 Å². The molecule has 6 rings (SSSR count). The minimum Gasteiger partial charge on any atom is -0.324 e. The van der Waals surface area contributed by atoms with Crippen LogP contribution in [0.2, 0.25) is 0 Å². The van der Waals surface area contributed by atoms with Gasteiger partial charge in [0.25, 0.3) is 11.4 Å². The van der Waals surface area contributed by atoms with E-state index in [4.69, 9.17) is 0 Å². The quantitative estimate of drug-likeness (QED) is 0.159. The molecule has 0 radical (unpaired) electrons. The van der Waals surface area contributed by atoms with Crippen molar-refractivity contribution in [2.45, 2.75) is 38.5 Å². The average molecular weight is 578 g/mol. The molecule has 3 aromatic carbocycles. The van der Waals surface area contributed by atoms with E-state index in [2.05, 4.69) is 36.3 Å². The lowest BCUT2D eigenvalue weighted by atomic mass is 9.90. The van der Waals surface area contributed by atoms with Crippen LogP contribution in [0.4, 0.5) is 34.6 Å². The molecule has 2 aliphatic carbocycles. The van der Waals surface area contributed by atoms with E-state index in [1.54, 1.807) is 30.3 Å². The van der Waals surface area contributed by atoms with Crippen molar-refractivity contribution in [2.75, 3.05) is 16.2 Å². The van der Waals surface area contributed by atoms with Crippen LogP contribution in [0.5, 0.6) is 0 Å². The summed E-state index contributed by atoms with van der Waals surface area (Å²) >= 11 is 0. The van der Waals surface area contributed by atoms with Crippen LogP contribution < -0.4 is 16.2 Å². The molecule has 1 aromatic heterocycles. The molecule has 216 valence electrons. The largest absolute Gasteiger partial charge is 0.324 e. The number of nitro groups is 2. The molecule has 0 atom stereocenters. The molecule has 2 aliphatic rings. The number of hydrogen-bond acceptors (Lipinski definition) is 11. The van der Waals surface area contributed by atoms with Crippen molar-refractivity contribution in [3.8, 4) is 0 Å². The summed E-state index contributed by atoms with van der Waals surface area (Å²) in [6.45, 7) is 0. The molecule has 0 aliphatic heterocycles. The molecule has 13 nitrogen and oxygen atoms in total. The number of fused-ring (bicyclic) bond motifs is 2. The summed E-state index contributed by atoms with van der Waals surface area (Å²) in [6, 6.07) is 20.8. The Bertz CT molecular complexity index is 1670. The fraction of sp³-hybridized carbons (Fsp3) is 0.200. The monoisotopic (exact) mass is 577 g/mol. The molecular weight excluding hydrogens is 550 g/mol. The third-order valence-corrected chi connectivity index (χ3v) is 7.32. The van der Waals surface area contributed by atoms with Gasteiger partial charge in [-0.15, -0.1) is 0 Å². The van der Waals surface area contributed by atoms with Crippen LogP contribution in [-0.4, -0.2) is 31.2 Å². The first-order valence-corrected chi connectivity index (χ1v) is 13.8. The molecule has 0 fully saturated rings. The Morgan fingerprint density at radius 2 is 1.16 bits per heavy atom. The highest BCUT2D eigenvalue weighted by Gasteiger charge is 2.21. The van der Waals surface area contributed by atoms with E-state index >= 15 is 0 Å². The summed E-state index contributed by atoms with van der Waals surface area (Å²) in [5.74, 6) is 1.04. The van der Waals surface area contributed by atoms with Crippen LogP contribution in [0, 0.1) is 20.2 Å². The SMILES string of the molecule is O=[N+]([O-])c1ccc2c(c1)C(=NNc1cc(NN=C3CCCc4ccc([N+](=O)[O-])cc43)nc(Nc3ccccc3)n1)CCC2. The Hall–Kier alpha value is -5.72. The van der Waals surface area contributed by atoms with Crippen LogP contribution in [-0.2, 0) is 12.8 Å². The smallest absolute Gasteiger partial charge is 0.270 e. The number of hydrogen-bond donors (Lipinski definition) is 3. The normalized spacial score (nSPS) is 15.8. The Morgan fingerprint density at radius 3 is 1.65 bits per heavy atom. The summed E-state index contributed by atoms with van der Waals surface area (Å²) in [7, 11) is 0. The molecule has 0 saturated carbocycles. The minimum absolute atomic E-state index is 0.0185. The summed E-state index contributed by atoms with van der Waals surface area (Å²) in [5.41, 5.74) is 11.8. The third-order valence-electron chi connectivity index (χ3n) is 7.32. The maximum absolute atomic E-state index is 11.4. The topological polar surface area (TPSA) is 173 Å². The first-order chi connectivity index (χ1) is 20.9. The van der Waals surface area contributed by atoms with E-state index < -0.39 is 9.85 Å². The number of nitrogens with zero attached hydrogens (tertiary/aromatic N) is 6. The maximum Gasteiger partial charge on any atom is 0.270 e. The van der Waals surface area contributed by atoms with Gasteiger partial charge in [0, 0.05) is 47.1 Å². The molecular formula is C30H27N9O4. The highest BCUT2D eigenvalue weighted by molar-refractivity contribution is 6.04. The zero-order valence-corrected chi connectivity index (χ0v) is 23.0. The van der Waals surface area contributed by atoms with Gasteiger partial charge in [0.05, 0.1) is 21.3 Å². The Morgan fingerprint density at radius 1 is 0.651 bits per heavy atom. The van der Waals surface area contributed by atoms with Gasteiger partial charge in [0.15, 0.2) is 11.6 Å². The minimum atomic E-state index is -0.408. The molecule has 0 unspecified atom stereocenters. The third kappa shape index (κ3) is 6.30. The zero-order valence-electron chi connectivity index (χ0n) is 23.0. The second-order valence-corrected chi connectivity index (χ2v) is 10.2.